The molecule has 0 atom stereocenters. The van der Waals surface area contributed by atoms with Crippen LogP contribution in [-0.4, -0.2) is 35.4 Å². The van der Waals surface area contributed by atoms with Crippen LogP contribution in [0.25, 0.3) is 0 Å². The van der Waals surface area contributed by atoms with E-state index in [0.717, 1.165) is 17.7 Å². The van der Waals surface area contributed by atoms with Gasteiger partial charge in [0.1, 0.15) is 0 Å². The lowest BCUT2D eigenvalue weighted by atomic mass is 10.1. The van der Waals surface area contributed by atoms with Gasteiger partial charge in [0.2, 0.25) is 0 Å². The predicted octanol–water partition coefficient (Wildman–Crippen LogP) is 0.119. The number of aromatic amines is 2. The molecule has 0 unspecified atom stereocenters. The van der Waals surface area contributed by atoms with Crippen molar-refractivity contribution in [3.8, 4) is 0 Å². The summed E-state index contributed by atoms with van der Waals surface area (Å²) in [6, 6.07) is 0. The smallest absolute Gasteiger partial charge is 0.260 e. The molecule has 0 radical (unpaired) electrons. The molecule has 0 aliphatic carbocycles. The number of H-pyrrole nitrogens is 2. The standard InChI is InChI=1S/C12H20N6O2S/c1-8-10(7-14-16-8)4-3-5-15-21(19,20)12-11(6-13)9(2)17-18-12/h7,15H,3-6,13H2,1-2H3,(H,14,16)(H,17,18). The van der Waals surface area contributed by atoms with Crippen molar-refractivity contribution < 1.29 is 8.42 Å². The molecule has 2 aromatic heterocycles. The molecule has 0 saturated heterocycles. The summed E-state index contributed by atoms with van der Waals surface area (Å²) in [4.78, 5) is 0. The first-order valence-corrected chi connectivity index (χ1v) is 8.16. The van der Waals surface area contributed by atoms with Crippen LogP contribution in [0.15, 0.2) is 11.2 Å². The molecule has 0 fully saturated rings. The van der Waals surface area contributed by atoms with E-state index >= 15 is 0 Å². The van der Waals surface area contributed by atoms with E-state index in [9.17, 15) is 8.42 Å². The van der Waals surface area contributed by atoms with Gasteiger partial charge in [-0.1, -0.05) is 0 Å². The largest absolute Gasteiger partial charge is 0.326 e. The lowest BCUT2D eigenvalue weighted by Gasteiger charge is -2.06. The summed E-state index contributed by atoms with van der Waals surface area (Å²) >= 11 is 0. The van der Waals surface area contributed by atoms with Gasteiger partial charge in [0, 0.05) is 30.0 Å². The zero-order valence-corrected chi connectivity index (χ0v) is 12.9. The van der Waals surface area contributed by atoms with Gasteiger partial charge in [0.05, 0.1) is 6.20 Å². The third-order valence-electron chi connectivity index (χ3n) is 3.34. The van der Waals surface area contributed by atoms with E-state index in [4.69, 9.17) is 5.73 Å². The maximum atomic E-state index is 12.2. The van der Waals surface area contributed by atoms with Crippen molar-refractivity contribution in [1.29, 1.82) is 0 Å². The highest BCUT2D eigenvalue weighted by molar-refractivity contribution is 7.89. The Bertz CT molecular complexity index is 703. The van der Waals surface area contributed by atoms with Gasteiger partial charge in [-0.25, -0.2) is 13.1 Å². The zero-order chi connectivity index (χ0) is 15.5. The van der Waals surface area contributed by atoms with Crippen LogP contribution >= 0.6 is 0 Å². The number of hydrogen-bond acceptors (Lipinski definition) is 5. The quantitative estimate of drug-likeness (QED) is 0.540. The van der Waals surface area contributed by atoms with Gasteiger partial charge in [-0.2, -0.15) is 10.2 Å². The molecule has 116 valence electrons. The third-order valence-corrected chi connectivity index (χ3v) is 4.77. The summed E-state index contributed by atoms with van der Waals surface area (Å²) in [6.07, 6.45) is 3.20. The maximum Gasteiger partial charge on any atom is 0.260 e. The third kappa shape index (κ3) is 3.49. The minimum atomic E-state index is -3.63. The number of aromatic nitrogens is 4. The van der Waals surface area contributed by atoms with Crippen LogP contribution in [0, 0.1) is 13.8 Å². The molecule has 0 aliphatic rings. The molecule has 0 amide bonds. The molecule has 2 rings (SSSR count). The van der Waals surface area contributed by atoms with Gasteiger partial charge in [-0.15, -0.1) is 0 Å². The van der Waals surface area contributed by atoms with Crippen molar-refractivity contribution in [2.75, 3.05) is 6.54 Å². The van der Waals surface area contributed by atoms with E-state index in [1.807, 2.05) is 6.92 Å². The number of nitrogens with two attached hydrogens (primary N) is 1. The van der Waals surface area contributed by atoms with E-state index in [2.05, 4.69) is 25.1 Å². The van der Waals surface area contributed by atoms with E-state index < -0.39 is 10.0 Å². The van der Waals surface area contributed by atoms with Crippen molar-refractivity contribution in [3.63, 3.8) is 0 Å². The monoisotopic (exact) mass is 312 g/mol. The lowest BCUT2D eigenvalue weighted by molar-refractivity contribution is 0.573. The highest BCUT2D eigenvalue weighted by Gasteiger charge is 2.22. The maximum absolute atomic E-state index is 12.2. The predicted molar refractivity (Wildman–Crippen MR) is 78.1 cm³/mol. The molecule has 0 saturated carbocycles. The topological polar surface area (TPSA) is 130 Å². The van der Waals surface area contributed by atoms with Crippen LogP contribution < -0.4 is 10.5 Å². The van der Waals surface area contributed by atoms with Crippen molar-refractivity contribution in [1.82, 2.24) is 25.1 Å². The Balaban J connectivity index is 1.94. The SMILES string of the molecule is Cc1[nH]ncc1CCCNS(=O)(=O)c1n[nH]c(C)c1CN. The molecule has 5 N–H and O–H groups in total. The Kier molecular flexibility index (Phi) is 4.76. The molecular formula is C12H20N6O2S. The van der Waals surface area contributed by atoms with Gasteiger partial charge >= 0.3 is 0 Å². The molecule has 9 heteroatoms. The second-order valence-electron chi connectivity index (χ2n) is 4.86. The van der Waals surface area contributed by atoms with Gasteiger partial charge < -0.3 is 5.73 Å². The fourth-order valence-corrected chi connectivity index (χ4v) is 3.35. The average molecular weight is 312 g/mol. The normalized spacial score (nSPS) is 12.0. The van der Waals surface area contributed by atoms with Gasteiger partial charge in [-0.05, 0) is 32.3 Å². The molecule has 21 heavy (non-hydrogen) atoms. The van der Waals surface area contributed by atoms with Gasteiger partial charge in [-0.3, -0.25) is 10.2 Å². The first-order valence-electron chi connectivity index (χ1n) is 6.68. The van der Waals surface area contributed by atoms with Gasteiger partial charge in [0.25, 0.3) is 10.0 Å². The fourth-order valence-electron chi connectivity index (χ4n) is 2.07. The first-order chi connectivity index (χ1) is 9.95. The molecule has 0 spiro atoms. The summed E-state index contributed by atoms with van der Waals surface area (Å²) in [6.45, 7) is 4.15. The molecule has 0 aromatic carbocycles. The average Bonchev–Trinajstić information content (AvgIpc) is 3.01. The van der Waals surface area contributed by atoms with Crippen LogP contribution in [-0.2, 0) is 23.0 Å². The zero-order valence-electron chi connectivity index (χ0n) is 12.1. The Labute approximate surface area is 123 Å². The number of sulfonamides is 1. The fraction of sp³-hybridized carbons (Fsp3) is 0.500. The minimum absolute atomic E-state index is 0.0120. The number of aryl methyl sites for hydroxylation is 3. The van der Waals surface area contributed by atoms with E-state index in [-0.39, 0.29) is 11.6 Å². The van der Waals surface area contributed by atoms with Crippen molar-refractivity contribution >= 4 is 10.0 Å². The van der Waals surface area contributed by atoms with Crippen LogP contribution in [0.1, 0.15) is 28.9 Å². The summed E-state index contributed by atoms with van der Waals surface area (Å²) in [5.74, 6) is 0. The molecule has 0 aliphatic heterocycles. The van der Waals surface area contributed by atoms with Crippen LogP contribution in [0.4, 0.5) is 0 Å². The molecular weight excluding hydrogens is 292 g/mol. The Hall–Kier alpha value is -1.71. The lowest BCUT2D eigenvalue weighted by Crippen LogP contribution is -2.26. The second-order valence-corrected chi connectivity index (χ2v) is 6.54. The molecule has 8 nitrogen and oxygen atoms in total. The Morgan fingerprint density at radius 2 is 2.05 bits per heavy atom. The minimum Gasteiger partial charge on any atom is -0.326 e. The highest BCUT2D eigenvalue weighted by Crippen LogP contribution is 2.15. The van der Waals surface area contributed by atoms with Crippen LogP contribution in [0.5, 0.6) is 0 Å². The van der Waals surface area contributed by atoms with Gasteiger partial charge in [0.15, 0.2) is 5.03 Å². The van der Waals surface area contributed by atoms with E-state index in [1.54, 1.807) is 13.1 Å². The number of rotatable bonds is 7. The Morgan fingerprint density at radius 3 is 2.67 bits per heavy atom. The molecule has 2 heterocycles. The summed E-state index contributed by atoms with van der Waals surface area (Å²) in [5, 5.41) is 13.3. The Morgan fingerprint density at radius 1 is 1.29 bits per heavy atom. The number of nitrogens with one attached hydrogen (secondary N) is 3. The summed E-state index contributed by atoms with van der Waals surface area (Å²) < 4.78 is 26.9. The molecule has 0 bridgehead atoms. The van der Waals surface area contributed by atoms with Crippen molar-refractivity contribution in [2.45, 2.75) is 38.3 Å². The van der Waals surface area contributed by atoms with E-state index in [0.29, 0.717) is 24.2 Å². The van der Waals surface area contributed by atoms with Crippen LogP contribution in [0.2, 0.25) is 0 Å². The van der Waals surface area contributed by atoms with Crippen LogP contribution in [0.3, 0.4) is 0 Å². The van der Waals surface area contributed by atoms with Crippen molar-refractivity contribution in [2.24, 2.45) is 5.73 Å². The first kappa shape index (κ1) is 15.7. The molecule has 2 aromatic rings. The van der Waals surface area contributed by atoms with Crippen molar-refractivity contribution in [3.05, 3.63) is 28.7 Å². The second kappa shape index (κ2) is 6.37. The summed E-state index contributed by atoms with van der Waals surface area (Å²) in [7, 11) is -3.63. The van der Waals surface area contributed by atoms with E-state index in [1.165, 1.54) is 0 Å². The summed E-state index contributed by atoms with van der Waals surface area (Å²) in [5.41, 5.74) is 8.86. The number of nitrogens with zero attached hydrogens (tertiary/aromatic N) is 2. The highest BCUT2D eigenvalue weighted by atomic mass is 32.2. The number of hydrogen-bond donors (Lipinski definition) is 4.